The summed E-state index contributed by atoms with van der Waals surface area (Å²) in [4.78, 5) is 3.98. The molecule has 0 spiro atoms. The highest BCUT2D eigenvalue weighted by Crippen LogP contribution is 2.49. The minimum atomic E-state index is 0.911. The van der Waals surface area contributed by atoms with E-state index >= 15 is 0 Å². The molecule has 0 saturated carbocycles. The number of hydrogen-bond donors (Lipinski definition) is 2. The monoisotopic (exact) mass is 490 g/mol. The van der Waals surface area contributed by atoms with Gasteiger partial charge in [0.1, 0.15) is 0 Å². The Morgan fingerprint density at radius 2 is 0.730 bits per heavy atom. The van der Waals surface area contributed by atoms with Crippen molar-refractivity contribution >= 4 is 38.3 Å². The van der Waals surface area contributed by atoms with Gasteiger partial charge in [0, 0.05) is 27.5 Å². The predicted molar refractivity (Wildman–Crippen MR) is 165 cm³/mol. The second kappa shape index (κ2) is 8.12. The van der Waals surface area contributed by atoms with E-state index < -0.39 is 0 Å². The third kappa shape index (κ3) is 3.05. The number of benzene rings is 4. The fourth-order valence-corrected chi connectivity index (χ4v) is 6.96. The van der Waals surface area contributed by atoms with Gasteiger partial charge in [0.15, 0.2) is 0 Å². The molecule has 0 bridgehead atoms. The van der Waals surface area contributed by atoms with Gasteiger partial charge in [0.05, 0.1) is 5.52 Å². The summed E-state index contributed by atoms with van der Waals surface area (Å²) < 4.78 is 0. The van der Waals surface area contributed by atoms with Crippen LogP contribution in [-0.4, -0.2) is 4.98 Å². The Morgan fingerprint density at radius 1 is 0.324 bits per heavy atom. The van der Waals surface area contributed by atoms with Crippen molar-refractivity contribution in [2.24, 2.45) is 0 Å². The van der Waals surface area contributed by atoms with Crippen molar-refractivity contribution in [3.8, 4) is 11.1 Å². The zero-order valence-corrected chi connectivity index (χ0v) is 25.1. The van der Waals surface area contributed by atoms with Gasteiger partial charge in [-0.15, -0.1) is 0 Å². The van der Waals surface area contributed by atoms with E-state index in [0.29, 0.717) is 0 Å². The van der Waals surface area contributed by atoms with Gasteiger partial charge in [-0.3, -0.25) is 0 Å². The van der Waals surface area contributed by atoms with Crippen LogP contribution in [0.2, 0.25) is 0 Å². The smallest absolute Gasteiger partial charge is 0.0550 e. The Morgan fingerprint density at radius 3 is 1.27 bits per heavy atom. The molecule has 5 aromatic rings. The van der Waals surface area contributed by atoms with Crippen molar-refractivity contribution < 1.29 is 0 Å². The highest BCUT2D eigenvalue weighted by Gasteiger charge is 2.26. The molecule has 0 unspecified atom stereocenters. The minimum absolute atomic E-state index is 0.911. The summed E-state index contributed by atoms with van der Waals surface area (Å²) in [5.74, 6) is 0. The van der Waals surface area contributed by atoms with E-state index in [2.05, 4.69) is 95.0 Å². The van der Waals surface area contributed by atoms with E-state index in [1.807, 2.05) is 0 Å². The van der Waals surface area contributed by atoms with Crippen LogP contribution < -0.4 is 5.73 Å². The van der Waals surface area contributed by atoms with Crippen molar-refractivity contribution in [3.05, 3.63) is 72.3 Å². The topological polar surface area (TPSA) is 41.8 Å². The molecule has 3 N–H and O–H groups in total. The Kier molecular flexibility index (Phi) is 5.57. The Labute approximate surface area is 222 Å². The second-order valence-corrected chi connectivity index (χ2v) is 11.7. The quantitative estimate of drug-likeness (QED) is 0.226. The van der Waals surface area contributed by atoms with Gasteiger partial charge in [0.2, 0.25) is 0 Å². The first-order valence-electron chi connectivity index (χ1n) is 13.5. The van der Waals surface area contributed by atoms with Crippen LogP contribution in [0.25, 0.3) is 43.7 Å². The van der Waals surface area contributed by atoms with Crippen LogP contribution in [0.3, 0.4) is 0 Å². The van der Waals surface area contributed by atoms with E-state index in [-0.39, 0.29) is 0 Å². The molecule has 2 heteroatoms. The number of aromatic nitrogens is 1. The molecule has 1 heterocycles. The van der Waals surface area contributed by atoms with E-state index in [4.69, 9.17) is 5.73 Å². The molecule has 1 aromatic heterocycles. The minimum Gasteiger partial charge on any atom is -0.398 e. The molecule has 4 aromatic carbocycles. The average Bonchev–Trinajstić information content (AvgIpc) is 3.27. The summed E-state index contributed by atoms with van der Waals surface area (Å²) in [5, 5.41) is 5.41. The summed E-state index contributed by atoms with van der Waals surface area (Å²) in [6.07, 6.45) is 0. The third-order valence-electron chi connectivity index (χ3n) is 10.3. The summed E-state index contributed by atoms with van der Waals surface area (Å²) in [6, 6.07) is 0. The maximum atomic E-state index is 6.91. The van der Waals surface area contributed by atoms with E-state index in [9.17, 15) is 0 Å². The van der Waals surface area contributed by atoms with Crippen molar-refractivity contribution in [2.75, 3.05) is 5.73 Å². The standard InChI is InChI=1S/C35H42N2/c1-14-15(2)20(7)28-27(19(14)6)25(12)33(36)26(13)29(28)30-22(9)18(5)23(10)32-31-21(8)16(3)17(4)24(11)34(31)37-35(30)32/h37H,36H2,1-13H3. The molecular formula is C35H42N2. The van der Waals surface area contributed by atoms with Gasteiger partial charge in [-0.25, -0.2) is 0 Å². The maximum Gasteiger partial charge on any atom is 0.0550 e. The first kappa shape index (κ1) is 25.4. The van der Waals surface area contributed by atoms with Gasteiger partial charge in [0.25, 0.3) is 0 Å². The Hall–Kier alpha value is -3.26. The number of aryl methyl sites for hydroxylation is 6. The molecule has 0 fully saturated rings. The lowest BCUT2D eigenvalue weighted by Crippen LogP contribution is -2.05. The molecule has 0 atom stereocenters. The van der Waals surface area contributed by atoms with Crippen LogP contribution >= 0.6 is 0 Å². The Bertz CT molecular complexity index is 1830. The zero-order valence-electron chi connectivity index (χ0n) is 25.1. The normalized spacial score (nSPS) is 12.0. The SMILES string of the molecule is Cc1c(C)c(C)c2c([nH]c3c(-c4c(C)c(N)c(C)c5c(C)c(C)c(C)c(C)c45)c(C)c(C)c(C)c32)c1C. The molecule has 5 rings (SSSR count). The van der Waals surface area contributed by atoms with Crippen LogP contribution in [0.5, 0.6) is 0 Å². The lowest BCUT2D eigenvalue weighted by Gasteiger charge is -2.25. The molecule has 0 aliphatic carbocycles. The zero-order chi connectivity index (χ0) is 27.4. The van der Waals surface area contributed by atoms with Gasteiger partial charge in [-0.1, -0.05) is 0 Å². The van der Waals surface area contributed by atoms with E-state index in [0.717, 1.165) is 5.69 Å². The average molecular weight is 491 g/mol. The van der Waals surface area contributed by atoms with Crippen LogP contribution in [0.4, 0.5) is 5.69 Å². The number of aromatic amines is 1. The fourth-order valence-electron chi connectivity index (χ4n) is 6.96. The molecule has 37 heavy (non-hydrogen) atoms. The molecular weight excluding hydrogens is 448 g/mol. The molecule has 192 valence electrons. The van der Waals surface area contributed by atoms with Crippen LogP contribution in [0.15, 0.2) is 0 Å². The van der Waals surface area contributed by atoms with E-state index in [1.165, 1.54) is 116 Å². The number of nitrogen functional groups attached to an aromatic ring is 1. The first-order valence-corrected chi connectivity index (χ1v) is 13.5. The van der Waals surface area contributed by atoms with Crippen LogP contribution in [0, 0.1) is 90.0 Å². The second-order valence-electron chi connectivity index (χ2n) is 11.7. The highest BCUT2D eigenvalue weighted by molar-refractivity contribution is 6.20. The molecule has 0 aliphatic rings. The Balaban J connectivity index is 2.17. The largest absolute Gasteiger partial charge is 0.398 e. The molecule has 0 amide bonds. The van der Waals surface area contributed by atoms with E-state index in [1.54, 1.807) is 0 Å². The lowest BCUT2D eigenvalue weighted by molar-refractivity contribution is 1.24. The fraction of sp³-hybridized carbons (Fsp3) is 0.371. The lowest BCUT2D eigenvalue weighted by atomic mass is 9.80. The number of nitrogens with two attached hydrogens (primary N) is 1. The molecule has 0 aliphatic heterocycles. The number of H-pyrrole nitrogens is 1. The van der Waals surface area contributed by atoms with Crippen molar-refractivity contribution in [2.45, 2.75) is 90.0 Å². The van der Waals surface area contributed by atoms with Crippen LogP contribution in [-0.2, 0) is 0 Å². The van der Waals surface area contributed by atoms with Crippen LogP contribution in [0.1, 0.15) is 72.3 Å². The van der Waals surface area contributed by atoms with Crippen molar-refractivity contribution in [3.63, 3.8) is 0 Å². The van der Waals surface area contributed by atoms with Gasteiger partial charge in [-0.05, 0) is 179 Å². The number of anilines is 1. The summed E-state index contributed by atoms with van der Waals surface area (Å²) >= 11 is 0. The predicted octanol–water partition coefficient (Wildman–Crippen LogP) is 9.73. The molecule has 0 radical (unpaired) electrons. The third-order valence-corrected chi connectivity index (χ3v) is 10.3. The highest BCUT2D eigenvalue weighted by atomic mass is 14.7. The first-order chi connectivity index (χ1) is 17.2. The number of rotatable bonds is 1. The van der Waals surface area contributed by atoms with Crippen molar-refractivity contribution in [1.82, 2.24) is 4.98 Å². The molecule has 2 nitrogen and oxygen atoms in total. The van der Waals surface area contributed by atoms with Crippen molar-refractivity contribution in [1.29, 1.82) is 0 Å². The number of hydrogen-bond acceptors (Lipinski definition) is 1. The number of nitrogens with one attached hydrogen (secondary N) is 1. The molecule has 0 saturated heterocycles. The van der Waals surface area contributed by atoms with Gasteiger partial charge in [-0.2, -0.15) is 0 Å². The summed E-state index contributed by atoms with van der Waals surface area (Å²) in [6.45, 7) is 29.4. The summed E-state index contributed by atoms with van der Waals surface area (Å²) in [7, 11) is 0. The maximum absolute atomic E-state index is 6.91. The van der Waals surface area contributed by atoms with Gasteiger partial charge >= 0.3 is 0 Å². The number of fused-ring (bicyclic) bond motifs is 4. The van der Waals surface area contributed by atoms with Gasteiger partial charge < -0.3 is 10.7 Å². The summed E-state index contributed by atoms with van der Waals surface area (Å²) in [5.41, 5.74) is 30.3.